The zero-order chi connectivity index (χ0) is 24.0. The van der Waals surface area contributed by atoms with Gasteiger partial charge >= 0.3 is 0 Å². The molecular weight excluding hydrogens is 496 g/mol. The van der Waals surface area contributed by atoms with Gasteiger partial charge in [0.2, 0.25) is 5.91 Å². The van der Waals surface area contributed by atoms with Crippen molar-refractivity contribution in [2.75, 3.05) is 13.6 Å². The lowest BCUT2D eigenvalue weighted by Crippen LogP contribution is -2.30. The van der Waals surface area contributed by atoms with Gasteiger partial charge in [0.1, 0.15) is 28.5 Å². The Morgan fingerprint density at radius 2 is 1.79 bits per heavy atom. The molecule has 0 saturated heterocycles. The minimum Gasteiger partial charge on any atom is -0.487 e. The minimum atomic E-state index is -0.705. The first-order chi connectivity index (χ1) is 15.8. The average Bonchev–Trinajstić information content (AvgIpc) is 2.80. The summed E-state index contributed by atoms with van der Waals surface area (Å²) in [7, 11) is 1.59. The molecule has 3 rings (SSSR count). The van der Waals surface area contributed by atoms with Crippen LogP contribution >= 0.6 is 15.9 Å². The van der Waals surface area contributed by atoms with Crippen LogP contribution in [-0.2, 0) is 24.5 Å². The third kappa shape index (κ3) is 6.49. The summed E-state index contributed by atoms with van der Waals surface area (Å²) in [6, 6.07) is 12.7. The van der Waals surface area contributed by atoms with E-state index in [-0.39, 0.29) is 40.4 Å². The van der Waals surface area contributed by atoms with Crippen molar-refractivity contribution >= 4 is 21.8 Å². The average molecular weight is 520 g/mol. The van der Waals surface area contributed by atoms with Crippen molar-refractivity contribution in [2.45, 2.75) is 26.6 Å². The number of hydrogen-bond acceptors (Lipinski definition) is 4. The highest BCUT2D eigenvalue weighted by molar-refractivity contribution is 9.10. The predicted molar refractivity (Wildman–Crippen MR) is 125 cm³/mol. The molecule has 0 radical (unpaired) electrons. The van der Waals surface area contributed by atoms with Crippen LogP contribution in [0.5, 0.6) is 5.75 Å². The van der Waals surface area contributed by atoms with E-state index in [1.54, 1.807) is 24.6 Å². The number of aryl methyl sites for hydroxylation is 1. The molecule has 0 atom stereocenters. The zero-order valence-corrected chi connectivity index (χ0v) is 19.8. The number of carbonyl (C=O) groups is 1. The number of halogens is 3. The molecule has 0 aliphatic rings. The zero-order valence-electron chi connectivity index (χ0n) is 18.3. The van der Waals surface area contributed by atoms with Gasteiger partial charge in [-0.25, -0.2) is 8.78 Å². The highest BCUT2D eigenvalue weighted by atomic mass is 79.9. The Balaban J connectivity index is 1.68. The van der Waals surface area contributed by atoms with Gasteiger partial charge in [-0.3, -0.25) is 9.59 Å². The first-order valence-corrected chi connectivity index (χ1v) is 11.0. The Morgan fingerprint density at radius 1 is 1.09 bits per heavy atom. The SMILES string of the molecule is CNC(=O)CNCc1ccc(Cn2c(C)cc(OCc3ccc(F)cc3F)c(Br)c2=O)cc1. The number of benzene rings is 2. The molecule has 0 saturated carbocycles. The van der Waals surface area contributed by atoms with Gasteiger partial charge in [0.05, 0.1) is 13.1 Å². The molecule has 6 nitrogen and oxygen atoms in total. The molecule has 0 bridgehead atoms. The fraction of sp³-hybridized carbons (Fsp3) is 0.250. The highest BCUT2D eigenvalue weighted by Gasteiger charge is 2.14. The molecule has 2 aromatic carbocycles. The Kier molecular flexibility index (Phi) is 8.35. The topological polar surface area (TPSA) is 72.4 Å². The molecule has 1 aromatic heterocycles. The van der Waals surface area contributed by atoms with E-state index < -0.39 is 11.6 Å². The Hall–Kier alpha value is -3.04. The molecule has 0 aliphatic heterocycles. The van der Waals surface area contributed by atoms with Gasteiger partial charge in [0.25, 0.3) is 5.56 Å². The predicted octanol–water partition coefficient (Wildman–Crippen LogP) is 3.66. The van der Waals surface area contributed by atoms with Crippen molar-refractivity contribution in [1.29, 1.82) is 0 Å². The second-order valence-electron chi connectivity index (χ2n) is 7.47. The van der Waals surface area contributed by atoms with Crippen LogP contribution in [0.25, 0.3) is 0 Å². The third-order valence-corrected chi connectivity index (χ3v) is 5.80. The summed E-state index contributed by atoms with van der Waals surface area (Å²) in [6.45, 7) is 2.81. The van der Waals surface area contributed by atoms with Gasteiger partial charge < -0.3 is 19.9 Å². The molecular formula is C24H24BrF2N3O3. The Morgan fingerprint density at radius 3 is 2.45 bits per heavy atom. The van der Waals surface area contributed by atoms with E-state index in [9.17, 15) is 18.4 Å². The molecule has 3 aromatic rings. The molecule has 0 spiro atoms. The standard InChI is InChI=1S/C24H24BrF2N3O3/c1-15-9-21(33-14-18-7-8-19(26)10-20(18)27)23(25)24(32)30(15)13-17-5-3-16(4-6-17)11-29-12-22(31)28-2/h3-10,29H,11-14H2,1-2H3,(H,28,31). The number of likely N-dealkylation sites (N-methyl/N-ethyl adjacent to an activating group) is 1. The molecule has 174 valence electrons. The number of carbonyl (C=O) groups excluding carboxylic acids is 1. The largest absolute Gasteiger partial charge is 0.487 e. The van der Waals surface area contributed by atoms with Crippen LogP contribution in [0, 0.1) is 18.6 Å². The Labute approximate surface area is 198 Å². The normalized spacial score (nSPS) is 10.8. The molecule has 0 unspecified atom stereocenters. The molecule has 2 N–H and O–H groups in total. The van der Waals surface area contributed by atoms with E-state index in [0.717, 1.165) is 23.3 Å². The fourth-order valence-corrected chi connectivity index (χ4v) is 3.61. The van der Waals surface area contributed by atoms with E-state index in [1.807, 2.05) is 24.3 Å². The summed E-state index contributed by atoms with van der Waals surface area (Å²) >= 11 is 3.29. The van der Waals surface area contributed by atoms with Crippen LogP contribution in [0.3, 0.4) is 0 Å². The van der Waals surface area contributed by atoms with Crippen LogP contribution < -0.4 is 20.9 Å². The maximum atomic E-state index is 13.8. The van der Waals surface area contributed by atoms with Gasteiger partial charge in [0.15, 0.2) is 0 Å². The van der Waals surface area contributed by atoms with Gasteiger partial charge in [-0.05, 0) is 46.1 Å². The summed E-state index contributed by atoms with van der Waals surface area (Å²) in [5, 5.41) is 5.60. The summed E-state index contributed by atoms with van der Waals surface area (Å²) in [4.78, 5) is 24.2. The number of amides is 1. The monoisotopic (exact) mass is 519 g/mol. The molecule has 1 amide bonds. The quantitative estimate of drug-likeness (QED) is 0.452. The number of pyridine rings is 1. The van der Waals surface area contributed by atoms with Crippen molar-refractivity contribution in [3.63, 3.8) is 0 Å². The number of hydrogen-bond donors (Lipinski definition) is 2. The van der Waals surface area contributed by atoms with E-state index in [2.05, 4.69) is 26.6 Å². The van der Waals surface area contributed by atoms with Crippen molar-refractivity contribution in [1.82, 2.24) is 15.2 Å². The molecule has 0 fully saturated rings. The molecule has 33 heavy (non-hydrogen) atoms. The Bertz CT molecular complexity index is 1200. The van der Waals surface area contributed by atoms with Crippen molar-refractivity contribution < 1.29 is 18.3 Å². The molecule has 1 heterocycles. The van der Waals surface area contributed by atoms with Crippen LogP contribution in [-0.4, -0.2) is 24.1 Å². The van der Waals surface area contributed by atoms with E-state index >= 15 is 0 Å². The van der Waals surface area contributed by atoms with Gasteiger partial charge in [0, 0.05) is 37.0 Å². The first-order valence-electron chi connectivity index (χ1n) is 10.2. The van der Waals surface area contributed by atoms with Crippen LogP contribution in [0.1, 0.15) is 22.4 Å². The number of ether oxygens (including phenoxy) is 1. The van der Waals surface area contributed by atoms with Crippen molar-refractivity contribution in [3.05, 3.63) is 97.4 Å². The summed E-state index contributed by atoms with van der Waals surface area (Å²) < 4.78 is 34.4. The fourth-order valence-electron chi connectivity index (χ4n) is 3.16. The van der Waals surface area contributed by atoms with E-state index in [4.69, 9.17) is 4.74 Å². The minimum absolute atomic E-state index is 0.0812. The second-order valence-corrected chi connectivity index (χ2v) is 8.27. The van der Waals surface area contributed by atoms with Crippen LogP contribution in [0.2, 0.25) is 0 Å². The summed E-state index contributed by atoms with van der Waals surface area (Å²) in [6.07, 6.45) is 0. The van der Waals surface area contributed by atoms with Crippen LogP contribution in [0.4, 0.5) is 8.78 Å². The maximum Gasteiger partial charge on any atom is 0.269 e. The molecule has 9 heteroatoms. The summed E-state index contributed by atoms with van der Waals surface area (Å²) in [5.41, 5.74) is 2.54. The van der Waals surface area contributed by atoms with Gasteiger partial charge in [-0.1, -0.05) is 24.3 Å². The van der Waals surface area contributed by atoms with Crippen LogP contribution in [0.15, 0.2) is 57.8 Å². The van der Waals surface area contributed by atoms with E-state index in [1.165, 1.54) is 6.07 Å². The number of rotatable bonds is 9. The third-order valence-electron chi connectivity index (χ3n) is 5.07. The highest BCUT2D eigenvalue weighted by Crippen LogP contribution is 2.24. The summed E-state index contributed by atoms with van der Waals surface area (Å²) in [5.74, 6) is -1.16. The van der Waals surface area contributed by atoms with Gasteiger partial charge in [-0.2, -0.15) is 0 Å². The number of nitrogens with one attached hydrogen (secondary N) is 2. The lowest BCUT2D eigenvalue weighted by molar-refractivity contribution is -0.119. The first kappa shape index (κ1) is 24.6. The van der Waals surface area contributed by atoms with Gasteiger partial charge in [-0.15, -0.1) is 0 Å². The number of aromatic nitrogens is 1. The van der Waals surface area contributed by atoms with E-state index in [0.29, 0.717) is 18.8 Å². The number of nitrogens with zero attached hydrogens (tertiary/aromatic N) is 1. The lowest BCUT2D eigenvalue weighted by atomic mass is 10.1. The smallest absolute Gasteiger partial charge is 0.269 e. The second kappa shape index (κ2) is 11.2. The van der Waals surface area contributed by atoms with Crippen molar-refractivity contribution in [2.24, 2.45) is 0 Å². The van der Waals surface area contributed by atoms with Crippen molar-refractivity contribution in [3.8, 4) is 5.75 Å². The maximum absolute atomic E-state index is 13.8. The lowest BCUT2D eigenvalue weighted by Gasteiger charge is -2.15. The molecule has 0 aliphatic carbocycles.